The quantitative estimate of drug-likeness (QED) is 0.499. The molecular weight excluding hydrogens is 344 g/mol. The fraction of sp³-hybridized carbons (Fsp3) is 0.280. The molecule has 0 saturated carbocycles. The van der Waals surface area contributed by atoms with Crippen LogP contribution in [0.15, 0.2) is 84.9 Å². The fourth-order valence-corrected chi connectivity index (χ4v) is 3.52. The van der Waals surface area contributed by atoms with E-state index in [2.05, 4.69) is 103 Å². The van der Waals surface area contributed by atoms with Crippen LogP contribution in [0.1, 0.15) is 24.1 Å². The molecule has 28 heavy (non-hydrogen) atoms. The lowest BCUT2D eigenvalue weighted by atomic mass is 10.0. The molecule has 0 aliphatic carbocycles. The minimum Gasteiger partial charge on any atom is -0.492 e. The molecule has 3 rings (SSSR count). The van der Waals surface area contributed by atoms with E-state index in [4.69, 9.17) is 4.74 Å². The van der Waals surface area contributed by atoms with Crippen molar-refractivity contribution in [1.82, 2.24) is 4.90 Å². The Morgan fingerprint density at radius 2 is 1.39 bits per heavy atom. The molecule has 0 amide bonds. The van der Waals surface area contributed by atoms with Crippen LogP contribution in [0.25, 0.3) is 0 Å². The minimum absolute atomic E-state index is 0.206. The summed E-state index contributed by atoms with van der Waals surface area (Å²) in [4.78, 5) is 4.72. The Hall–Kier alpha value is -2.78. The van der Waals surface area contributed by atoms with Gasteiger partial charge in [0, 0.05) is 13.1 Å². The zero-order valence-electron chi connectivity index (χ0n) is 17.1. The van der Waals surface area contributed by atoms with E-state index in [-0.39, 0.29) is 6.04 Å². The smallest absolute Gasteiger partial charge is 0.142 e. The first-order chi connectivity index (χ1) is 13.7. The zero-order chi connectivity index (χ0) is 19.8. The molecule has 0 bridgehead atoms. The normalized spacial score (nSPS) is 12.0. The third kappa shape index (κ3) is 5.14. The van der Waals surface area contributed by atoms with Crippen molar-refractivity contribution in [2.45, 2.75) is 19.5 Å². The molecule has 0 fully saturated rings. The predicted molar refractivity (Wildman–Crippen MR) is 118 cm³/mol. The van der Waals surface area contributed by atoms with Gasteiger partial charge in [0.2, 0.25) is 0 Å². The molecule has 0 spiro atoms. The molecule has 3 aromatic carbocycles. The lowest BCUT2D eigenvalue weighted by Gasteiger charge is -2.36. The summed E-state index contributed by atoms with van der Waals surface area (Å²) in [6.07, 6.45) is 0. The molecule has 0 radical (unpaired) electrons. The Labute approximate surface area is 169 Å². The van der Waals surface area contributed by atoms with Crippen LogP contribution < -0.4 is 9.64 Å². The highest BCUT2D eigenvalue weighted by Gasteiger charge is 2.24. The van der Waals surface area contributed by atoms with E-state index in [0.29, 0.717) is 6.61 Å². The van der Waals surface area contributed by atoms with Gasteiger partial charge in [-0.05, 0) is 44.3 Å². The summed E-state index contributed by atoms with van der Waals surface area (Å²) in [6.45, 7) is 4.42. The molecule has 0 aliphatic rings. The molecule has 0 heterocycles. The van der Waals surface area contributed by atoms with Gasteiger partial charge in [-0.1, -0.05) is 72.8 Å². The number of para-hydroxylation sites is 2. The third-order valence-corrected chi connectivity index (χ3v) is 4.77. The first-order valence-electron chi connectivity index (χ1n) is 9.91. The molecule has 1 atom stereocenters. The van der Waals surface area contributed by atoms with Crippen LogP contribution in [0.3, 0.4) is 0 Å². The number of ether oxygens (including phenoxy) is 1. The topological polar surface area (TPSA) is 15.7 Å². The average molecular weight is 375 g/mol. The van der Waals surface area contributed by atoms with Crippen LogP contribution in [-0.2, 0) is 6.54 Å². The Kier molecular flexibility index (Phi) is 7.10. The van der Waals surface area contributed by atoms with Crippen LogP contribution >= 0.6 is 0 Å². The van der Waals surface area contributed by atoms with E-state index in [1.54, 1.807) is 0 Å². The molecule has 3 heteroatoms. The van der Waals surface area contributed by atoms with Gasteiger partial charge in [-0.2, -0.15) is 0 Å². The van der Waals surface area contributed by atoms with Gasteiger partial charge in [-0.25, -0.2) is 0 Å². The van der Waals surface area contributed by atoms with Gasteiger partial charge in [0.1, 0.15) is 5.75 Å². The summed E-state index contributed by atoms with van der Waals surface area (Å²) in [5.41, 5.74) is 3.72. The van der Waals surface area contributed by atoms with Gasteiger partial charge in [0.05, 0.1) is 18.3 Å². The standard InChI is InChI=1S/C25H30N2O/c1-4-28-25-18-12-11-17-23(25)27(19-21-13-7-5-8-14-21)24(20-26(2)3)22-15-9-6-10-16-22/h5-18,24H,4,19-20H2,1-3H3. The maximum absolute atomic E-state index is 5.99. The lowest BCUT2D eigenvalue weighted by Crippen LogP contribution is -2.35. The number of likely N-dealkylation sites (N-methyl/N-ethyl adjacent to an activating group) is 1. The summed E-state index contributed by atoms with van der Waals surface area (Å²) in [7, 11) is 4.26. The summed E-state index contributed by atoms with van der Waals surface area (Å²) in [5, 5.41) is 0. The fourth-order valence-electron chi connectivity index (χ4n) is 3.52. The number of nitrogens with zero attached hydrogens (tertiary/aromatic N) is 2. The van der Waals surface area contributed by atoms with Crippen molar-refractivity contribution in [3.05, 3.63) is 96.1 Å². The minimum atomic E-state index is 0.206. The van der Waals surface area contributed by atoms with Gasteiger partial charge in [0.15, 0.2) is 0 Å². The van der Waals surface area contributed by atoms with Crippen molar-refractivity contribution in [3.8, 4) is 5.75 Å². The molecule has 3 nitrogen and oxygen atoms in total. The summed E-state index contributed by atoms with van der Waals surface area (Å²) >= 11 is 0. The molecule has 0 aliphatic heterocycles. The highest BCUT2D eigenvalue weighted by molar-refractivity contribution is 5.60. The van der Waals surface area contributed by atoms with Crippen LogP contribution in [0.2, 0.25) is 0 Å². The Morgan fingerprint density at radius 1 is 0.786 bits per heavy atom. The highest BCUT2D eigenvalue weighted by atomic mass is 16.5. The molecule has 0 N–H and O–H groups in total. The largest absolute Gasteiger partial charge is 0.492 e. The lowest BCUT2D eigenvalue weighted by molar-refractivity contribution is 0.334. The van der Waals surface area contributed by atoms with Crippen molar-refractivity contribution >= 4 is 5.69 Å². The second-order valence-corrected chi connectivity index (χ2v) is 7.20. The van der Waals surface area contributed by atoms with Crippen LogP contribution in [0, 0.1) is 0 Å². The van der Waals surface area contributed by atoms with Crippen LogP contribution in [-0.4, -0.2) is 32.1 Å². The number of benzene rings is 3. The summed E-state index contributed by atoms with van der Waals surface area (Å²) in [5.74, 6) is 0.931. The van der Waals surface area contributed by atoms with E-state index in [0.717, 1.165) is 24.5 Å². The molecule has 3 aromatic rings. The monoisotopic (exact) mass is 374 g/mol. The van der Waals surface area contributed by atoms with Crippen molar-refractivity contribution in [2.24, 2.45) is 0 Å². The number of hydrogen-bond acceptors (Lipinski definition) is 3. The Bertz CT molecular complexity index is 833. The maximum Gasteiger partial charge on any atom is 0.142 e. The molecule has 146 valence electrons. The molecular formula is C25H30N2O. The number of anilines is 1. The first-order valence-corrected chi connectivity index (χ1v) is 9.91. The molecule has 0 aromatic heterocycles. The second-order valence-electron chi connectivity index (χ2n) is 7.20. The van der Waals surface area contributed by atoms with Gasteiger partial charge in [0.25, 0.3) is 0 Å². The summed E-state index contributed by atoms with van der Waals surface area (Å²) < 4.78 is 5.99. The van der Waals surface area contributed by atoms with Gasteiger partial charge < -0.3 is 14.5 Å². The Balaban J connectivity index is 2.08. The molecule has 0 saturated heterocycles. The summed E-state index contributed by atoms with van der Waals surface area (Å²) in [6, 6.07) is 30.0. The molecule has 1 unspecified atom stereocenters. The van der Waals surface area contributed by atoms with Crippen molar-refractivity contribution in [1.29, 1.82) is 0 Å². The second kappa shape index (κ2) is 9.95. The number of hydrogen-bond donors (Lipinski definition) is 0. The Morgan fingerprint density at radius 3 is 2.04 bits per heavy atom. The van der Waals surface area contributed by atoms with E-state index in [1.165, 1.54) is 11.1 Å². The van der Waals surface area contributed by atoms with Crippen molar-refractivity contribution in [2.75, 3.05) is 32.1 Å². The van der Waals surface area contributed by atoms with Gasteiger partial charge in [-0.15, -0.1) is 0 Å². The zero-order valence-corrected chi connectivity index (χ0v) is 17.1. The third-order valence-electron chi connectivity index (χ3n) is 4.77. The predicted octanol–water partition coefficient (Wildman–Crippen LogP) is 5.39. The van der Waals surface area contributed by atoms with Gasteiger partial charge in [-0.3, -0.25) is 0 Å². The van der Waals surface area contributed by atoms with Crippen LogP contribution in [0.4, 0.5) is 5.69 Å². The van der Waals surface area contributed by atoms with E-state index >= 15 is 0 Å². The first kappa shape index (κ1) is 20.0. The van der Waals surface area contributed by atoms with E-state index < -0.39 is 0 Å². The van der Waals surface area contributed by atoms with Gasteiger partial charge >= 0.3 is 0 Å². The SMILES string of the molecule is CCOc1ccccc1N(Cc1ccccc1)C(CN(C)C)c1ccccc1. The average Bonchev–Trinajstić information content (AvgIpc) is 2.73. The van der Waals surface area contributed by atoms with E-state index in [1.807, 2.05) is 13.0 Å². The van der Waals surface area contributed by atoms with Crippen molar-refractivity contribution < 1.29 is 4.74 Å². The maximum atomic E-state index is 5.99. The highest BCUT2D eigenvalue weighted by Crippen LogP contribution is 2.36. The van der Waals surface area contributed by atoms with E-state index in [9.17, 15) is 0 Å². The number of rotatable bonds is 9. The van der Waals surface area contributed by atoms with Crippen molar-refractivity contribution in [3.63, 3.8) is 0 Å². The van der Waals surface area contributed by atoms with Crippen LogP contribution in [0.5, 0.6) is 5.75 Å².